The van der Waals surface area contributed by atoms with Gasteiger partial charge in [0, 0.05) is 19.3 Å². The Morgan fingerprint density at radius 3 is 2.78 bits per heavy atom. The Kier molecular flexibility index (Phi) is 6.73. The fourth-order valence-corrected chi connectivity index (χ4v) is 4.60. The highest BCUT2D eigenvalue weighted by Crippen LogP contribution is 2.33. The van der Waals surface area contributed by atoms with E-state index in [-0.39, 0.29) is 0 Å². The maximum atomic E-state index is 10.5. The fraction of sp³-hybridized carbons (Fsp3) is 0.727. The number of hydrogen-bond acceptors (Lipinski definition) is 5. The molecule has 5 nitrogen and oxygen atoms in total. The van der Waals surface area contributed by atoms with Crippen molar-refractivity contribution in [1.82, 2.24) is 9.97 Å². The van der Waals surface area contributed by atoms with E-state index in [1.165, 1.54) is 0 Å². The Balaban J connectivity index is 1.67. The molecule has 27 heavy (non-hydrogen) atoms. The summed E-state index contributed by atoms with van der Waals surface area (Å²) in [6, 6.07) is 0.388. The molecule has 2 fully saturated rings. The number of methoxy groups -OCH3 is 1. The van der Waals surface area contributed by atoms with Crippen LogP contribution in [0.1, 0.15) is 76.0 Å². The molecule has 1 heterocycles. The van der Waals surface area contributed by atoms with E-state index >= 15 is 0 Å². The number of hydrogen-bond donors (Lipinski definition) is 2. The lowest BCUT2D eigenvalue weighted by Crippen LogP contribution is -2.30. The molecule has 2 atom stereocenters. The van der Waals surface area contributed by atoms with Gasteiger partial charge in [-0.25, -0.2) is 9.97 Å². The molecule has 0 radical (unpaired) electrons. The van der Waals surface area contributed by atoms with Gasteiger partial charge in [0.05, 0.1) is 23.0 Å². The summed E-state index contributed by atoms with van der Waals surface area (Å²) in [6.07, 6.45) is 18.0. The summed E-state index contributed by atoms with van der Waals surface area (Å²) in [6.45, 7) is 1.96. The summed E-state index contributed by atoms with van der Waals surface area (Å²) in [5, 5.41) is 14.0. The van der Waals surface area contributed by atoms with Crippen molar-refractivity contribution in [2.45, 2.75) is 88.9 Å². The van der Waals surface area contributed by atoms with Gasteiger partial charge in [-0.2, -0.15) is 0 Å². The van der Waals surface area contributed by atoms with E-state index in [9.17, 15) is 5.11 Å². The zero-order valence-electron chi connectivity index (χ0n) is 16.7. The molecule has 0 unspecified atom stereocenters. The van der Waals surface area contributed by atoms with E-state index in [1.54, 1.807) is 13.3 Å². The van der Waals surface area contributed by atoms with E-state index in [0.717, 1.165) is 75.5 Å². The van der Waals surface area contributed by atoms with E-state index in [1.807, 2.05) is 6.92 Å². The van der Waals surface area contributed by atoms with Gasteiger partial charge in [0.15, 0.2) is 0 Å². The highest BCUT2D eigenvalue weighted by atomic mass is 16.5. The largest absolute Gasteiger partial charge is 0.390 e. The predicted molar refractivity (Wildman–Crippen MR) is 108 cm³/mol. The Morgan fingerprint density at radius 2 is 2.07 bits per heavy atom. The standard InChI is InChI=1S/C22H33N3O2/c1-4-17-15-23-21(24-18-8-10-19(27-3)11-9-18)25-20(17)13-16-7-5-6-12-22(2,26)14-16/h1,15-16,18-19,26H,5-14H2,2-3H3,(H,23,24,25)/t16-,18?,19?,22+/m0/s1. The smallest absolute Gasteiger partial charge is 0.223 e. The van der Waals surface area contributed by atoms with Crippen molar-refractivity contribution in [3.05, 3.63) is 17.5 Å². The van der Waals surface area contributed by atoms with Crippen LogP contribution in [0.4, 0.5) is 5.95 Å². The average molecular weight is 372 g/mol. The molecule has 0 bridgehead atoms. The molecule has 2 saturated carbocycles. The zero-order valence-corrected chi connectivity index (χ0v) is 16.7. The molecule has 1 aromatic heterocycles. The number of nitrogens with zero attached hydrogens (tertiary/aromatic N) is 2. The summed E-state index contributed by atoms with van der Waals surface area (Å²) in [4.78, 5) is 9.21. The first-order valence-corrected chi connectivity index (χ1v) is 10.3. The van der Waals surface area contributed by atoms with Gasteiger partial charge >= 0.3 is 0 Å². The molecule has 2 N–H and O–H groups in total. The van der Waals surface area contributed by atoms with Crippen LogP contribution in [-0.4, -0.2) is 39.9 Å². The molecular weight excluding hydrogens is 338 g/mol. The summed E-state index contributed by atoms with van der Waals surface area (Å²) in [5.74, 6) is 3.82. The van der Waals surface area contributed by atoms with E-state index in [4.69, 9.17) is 16.1 Å². The Bertz CT molecular complexity index is 660. The molecular formula is C22H33N3O2. The summed E-state index contributed by atoms with van der Waals surface area (Å²) < 4.78 is 5.45. The molecule has 0 aromatic carbocycles. The molecule has 0 spiro atoms. The molecule has 1 aromatic rings. The SMILES string of the molecule is C#Cc1cnc(NC2CCC(OC)CC2)nc1C[C@@H]1CCCC[C@@](C)(O)C1. The molecule has 0 amide bonds. The predicted octanol–water partition coefficient (Wildman–Crippen LogP) is 3.70. The van der Waals surface area contributed by atoms with E-state index < -0.39 is 5.60 Å². The summed E-state index contributed by atoms with van der Waals surface area (Å²) in [7, 11) is 1.79. The van der Waals surface area contributed by atoms with Gasteiger partial charge in [0.1, 0.15) is 0 Å². The third-order valence-corrected chi connectivity index (χ3v) is 6.15. The van der Waals surface area contributed by atoms with Crippen molar-refractivity contribution in [3.63, 3.8) is 0 Å². The van der Waals surface area contributed by atoms with Crippen LogP contribution in [0, 0.1) is 18.3 Å². The minimum absolute atomic E-state index is 0.381. The first kappa shape index (κ1) is 20.1. The number of aromatic nitrogens is 2. The van der Waals surface area contributed by atoms with Crippen molar-refractivity contribution >= 4 is 5.95 Å². The lowest BCUT2D eigenvalue weighted by Gasteiger charge is -2.28. The lowest BCUT2D eigenvalue weighted by molar-refractivity contribution is 0.0318. The average Bonchev–Trinajstić information content (AvgIpc) is 2.82. The van der Waals surface area contributed by atoms with Crippen LogP contribution in [0.2, 0.25) is 0 Å². The van der Waals surface area contributed by atoms with Crippen LogP contribution in [0.5, 0.6) is 0 Å². The van der Waals surface area contributed by atoms with Gasteiger partial charge < -0.3 is 15.2 Å². The van der Waals surface area contributed by atoms with E-state index in [0.29, 0.717) is 24.0 Å². The van der Waals surface area contributed by atoms with Gasteiger partial charge in [-0.15, -0.1) is 6.42 Å². The fourth-order valence-electron chi connectivity index (χ4n) is 4.60. The van der Waals surface area contributed by atoms with Crippen molar-refractivity contribution < 1.29 is 9.84 Å². The first-order valence-electron chi connectivity index (χ1n) is 10.3. The minimum atomic E-state index is -0.578. The Hall–Kier alpha value is -1.64. The third-order valence-electron chi connectivity index (χ3n) is 6.15. The maximum absolute atomic E-state index is 10.5. The molecule has 2 aliphatic carbocycles. The highest BCUT2D eigenvalue weighted by molar-refractivity contribution is 5.39. The molecule has 5 heteroatoms. The first-order chi connectivity index (χ1) is 13.0. The second-order valence-electron chi connectivity index (χ2n) is 8.57. The maximum Gasteiger partial charge on any atom is 0.223 e. The number of rotatable bonds is 5. The van der Waals surface area contributed by atoms with Crippen LogP contribution in [0.25, 0.3) is 0 Å². The Labute approximate surface area is 163 Å². The van der Waals surface area contributed by atoms with Crippen LogP contribution >= 0.6 is 0 Å². The lowest BCUT2D eigenvalue weighted by atomic mass is 9.87. The topological polar surface area (TPSA) is 67.3 Å². The molecule has 0 saturated heterocycles. The van der Waals surface area contributed by atoms with Crippen LogP contribution < -0.4 is 5.32 Å². The summed E-state index contributed by atoms with van der Waals surface area (Å²) in [5.41, 5.74) is 1.13. The van der Waals surface area contributed by atoms with E-state index in [2.05, 4.69) is 16.2 Å². The second kappa shape index (κ2) is 9.03. The van der Waals surface area contributed by atoms with Crippen LogP contribution in [0.3, 0.4) is 0 Å². The van der Waals surface area contributed by atoms with Gasteiger partial charge in [-0.3, -0.25) is 0 Å². The molecule has 2 aliphatic rings. The van der Waals surface area contributed by atoms with Crippen molar-refractivity contribution in [3.8, 4) is 12.3 Å². The number of anilines is 1. The summed E-state index contributed by atoms with van der Waals surface area (Å²) >= 11 is 0. The minimum Gasteiger partial charge on any atom is -0.390 e. The van der Waals surface area contributed by atoms with Crippen LogP contribution in [0.15, 0.2) is 6.20 Å². The number of nitrogens with one attached hydrogen (secondary N) is 1. The quantitative estimate of drug-likeness (QED) is 0.610. The molecule has 148 valence electrons. The highest BCUT2D eigenvalue weighted by Gasteiger charge is 2.29. The number of ether oxygens (including phenoxy) is 1. The van der Waals surface area contributed by atoms with Gasteiger partial charge in [0.2, 0.25) is 5.95 Å². The van der Waals surface area contributed by atoms with Gasteiger partial charge in [-0.1, -0.05) is 18.8 Å². The third kappa shape index (κ3) is 5.67. The monoisotopic (exact) mass is 371 g/mol. The Morgan fingerprint density at radius 1 is 1.30 bits per heavy atom. The molecule has 0 aliphatic heterocycles. The van der Waals surface area contributed by atoms with Crippen molar-refractivity contribution in [2.24, 2.45) is 5.92 Å². The van der Waals surface area contributed by atoms with Crippen LogP contribution in [-0.2, 0) is 11.2 Å². The zero-order chi connectivity index (χ0) is 19.3. The normalized spacial score (nSPS) is 31.7. The van der Waals surface area contributed by atoms with Gasteiger partial charge in [0.25, 0.3) is 0 Å². The number of aliphatic hydroxyl groups is 1. The second-order valence-corrected chi connectivity index (χ2v) is 8.57. The molecule has 3 rings (SSSR count). The van der Waals surface area contributed by atoms with Crippen molar-refractivity contribution in [1.29, 1.82) is 0 Å². The van der Waals surface area contributed by atoms with Gasteiger partial charge in [-0.05, 0) is 64.2 Å². The van der Waals surface area contributed by atoms with Crippen molar-refractivity contribution in [2.75, 3.05) is 12.4 Å². The number of terminal acetylenes is 1.